The number of hydrogen-bond donors (Lipinski definition) is 2. The Hall–Kier alpha value is -1.72. The minimum Gasteiger partial charge on any atom is -0.398 e. The molecular formula is C14H17F3N2O. The number of hydrogen-bond acceptors (Lipinski definition) is 2. The van der Waals surface area contributed by atoms with Gasteiger partial charge in [-0.05, 0) is 43.4 Å². The second kappa shape index (κ2) is 5.34. The van der Waals surface area contributed by atoms with Gasteiger partial charge >= 0.3 is 6.18 Å². The van der Waals surface area contributed by atoms with E-state index >= 15 is 0 Å². The summed E-state index contributed by atoms with van der Waals surface area (Å²) in [5, 5.41) is 2.76. The maximum absolute atomic E-state index is 12.6. The van der Waals surface area contributed by atoms with E-state index in [0.29, 0.717) is 5.92 Å². The predicted octanol–water partition coefficient (Wildman–Crippen LogP) is 3.21. The van der Waals surface area contributed by atoms with Crippen LogP contribution in [-0.2, 0) is 6.18 Å². The van der Waals surface area contributed by atoms with Crippen LogP contribution in [0.2, 0.25) is 0 Å². The first-order valence-electron chi connectivity index (χ1n) is 6.55. The zero-order valence-electron chi connectivity index (χ0n) is 11.1. The number of benzene rings is 1. The quantitative estimate of drug-likeness (QED) is 0.820. The Labute approximate surface area is 115 Å². The van der Waals surface area contributed by atoms with Gasteiger partial charge in [0, 0.05) is 11.7 Å². The Balaban J connectivity index is 2.17. The molecule has 0 spiro atoms. The third-order valence-corrected chi connectivity index (χ3v) is 3.66. The van der Waals surface area contributed by atoms with E-state index in [4.69, 9.17) is 5.73 Å². The average molecular weight is 286 g/mol. The van der Waals surface area contributed by atoms with Crippen molar-refractivity contribution in [1.82, 2.24) is 5.32 Å². The van der Waals surface area contributed by atoms with Crippen LogP contribution >= 0.6 is 0 Å². The van der Waals surface area contributed by atoms with Crippen molar-refractivity contribution in [3.63, 3.8) is 0 Å². The summed E-state index contributed by atoms with van der Waals surface area (Å²) in [5.41, 5.74) is 4.69. The van der Waals surface area contributed by atoms with Crippen LogP contribution in [0.4, 0.5) is 18.9 Å². The summed E-state index contributed by atoms with van der Waals surface area (Å²) in [6.07, 6.45) is -1.76. The Morgan fingerprint density at radius 1 is 1.35 bits per heavy atom. The summed E-state index contributed by atoms with van der Waals surface area (Å²) < 4.78 is 37.9. The van der Waals surface area contributed by atoms with Crippen molar-refractivity contribution in [1.29, 1.82) is 0 Å². The van der Waals surface area contributed by atoms with Gasteiger partial charge in [0.05, 0.1) is 11.1 Å². The average Bonchev–Trinajstić information content (AvgIpc) is 2.73. The van der Waals surface area contributed by atoms with Crippen molar-refractivity contribution in [2.24, 2.45) is 5.92 Å². The molecule has 1 fully saturated rings. The summed E-state index contributed by atoms with van der Waals surface area (Å²) in [6.45, 7) is 2.09. The number of halogens is 3. The Bertz CT molecular complexity index is 514. The van der Waals surface area contributed by atoms with Crippen molar-refractivity contribution >= 4 is 11.6 Å². The highest BCUT2D eigenvalue weighted by Gasteiger charge is 2.32. The monoisotopic (exact) mass is 286 g/mol. The number of nitrogens with one attached hydrogen (secondary N) is 1. The van der Waals surface area contributed by atoms with E-state index in [1.165, 1.54) is 0 Å². The van der Waals surface area contributed by atoms with Gasteiger partial charge < -0.3 is 11.1 Å². The summed E-state index contributed by atoms with van der Waals surface area (Å²) in [6, 6.07) is 2.83. The molecule has 1 aromatic carbocycles. The van der Waals surface area contributed by atoms with Gasteiger partial charge in [-0.25, -0.2) is 0 Å². The molecule has 6 heteroatoms. The first kappa shape index (κ1) is 14.7. The van der Waals surface area contributed by atoms with Crippen LogP contribution in [0.1, 0.15) is 42.1 Å². The van der Waals surface area contributed by atoms with E-state index < -0.39 is 17.6 Å². The van der Waals surface area contributed by atoms with E-state index in [2.05, 4.69) is 12.2 Å². The van der Waals surface area contributed by atoms with Crippen molar-refractivity contribution in [3.05, 3.63) is 29.3 Å². The Morgan fingerprint density at radius 3 is 2.60 bits per heavy atom. The Kier molecular flexibility index (Phi) is 3.92. The fourth-order valence-corrected chi connectivity index (χ4v) is 2.53. The molecule has 1 aliphatic rings. The minimum absolute atomic E-state index is 0.0199. The van der Waals surface area contributed by atoms with Gasteiger partial charge in [-0.3, -0.25) is 4.79 Å². The maximum Gasteiger partial charge on any atom is 0.416 e. The minimum atomic E-state index is -4.48. The summed E-state index contributed by atoms with van der Waals surface area (Å²) in [4.78, 5) is 12.0. The normalized spacial score (nSPS) is 22.8. The second-order valence-corrected chi connectivity index (χ2v) is 5.39. The van der Waals surface area contributed by atoms with Crippen LogP contribution in [0.25, 0.3) is 0 Å². The van der Waals surface area contributed by atoms with E-state index in [1.807, 2.05) is 0 Å². The highest BCUT2D eigenvalue weighted by atomic mass is 19.4. The molecule has 1 aromatic rings. The Morgan fingerprint density at radius 2 is 2.05 bits per heavy atom. The molecule has 2 atom stereocenters. The molecule has 2 rings (SSSR count). The van der Waals surface area contributed by atoms with Crippen molar-refractivity contribution < 1.29 is 18.0 Å². The topological polar surface area (TPSA) is 55.1 Å². The van der Waals surface area contributed by atoms with Crippen LogP contribution in [0.3, 0.4) is 0 Å². The largest absolute Gasteiger partial charge is 0.416 e. The fourth-order valence-electron chi connectivity index (χ4n) is 2.53. The smallest absolute Gasteiger partial charge is 0.398 e. The maximum atomic E-state index is 12.6. The molecule has 0 aliphatic heterocycles. The van der Waals surface area contributed by atoms with E-state index in [-0.39, 0.29) is 17.3 Å². The van der Waals surface area contributed by atoms with Gasteiger partial charge in [-0.1, -0.05) is 6.92 Å². The number of carbonyl (C=O) groups is 1. The highest BCUT2D eigenvalue weighted by Crippen LogP contribution is 2.31. The lowest BCUT2D eigenvalue weighted by atomic mass is 10.1. The standard InChI is InChI=1S/C14H17F3N2O/c1-8-2-4-10(6-8)19-13(20)11-7-9(14(15,16)17)3-5-12(11)18/h3,5,7-8,10H,2,4,6,18H2,1H3,(H,19,20). The number of carbonyl (C=O) groups excluding carboxylic acids is 1. The molecule has 20 heavy (non-hydrogen) atoms. The molecule has 0 radical (unpaired) electrons. The molecule has 2 unspecified atom stereocenters. The van der Waals surface area contributed by atoms with Crippen LogP contribution in [0.15, 0.2) is 18.2 Å². The number of anilines is 1. The lowest BCUT2D eigenvalue weighted by Gasteiger charge is -2.15. The van der Waals surface area contributed by atoms with E-state index in [0.717, 1.165) is 37.5 Å². The third-order valence-electron chi connectivity index (χ3n) is 3.66. The van der Waals surface area contributed by atoms with Gasteiger partial charge in [0.2, 0.25) is 0 Å². The fraction of sp³-hybridized carbons (Fsp3) is 0.500. The molecule has 0 aromatic heterocycles. The molecule has 0 saturated heterocycles. The molecule has 110 valence electrons. The van der Waals surface area contributed by atoms with E-state index in [1.54, 1.807) is 0 Å². The molecular weight excluding hydrogens is 269 g/mol. The van der Waals surface area contributed by atoms with Gasteiger partial charge in [0.15, 0.2) is 0 Å². The number of nitrogen functional groups attached to an aromatic ring is 1. The lowest BCUT2D eigenvalue weighted by molar-refractivity contribution is -0.137. The van der Waals surface area contributed by atoms with Gasteiger partial charge in [0.25, 0.3) is 5.91 Å². The molecule has 0 heterocycles. The molecule has 1 saturated carbocycles. The predicted molar refractivity (Wildman–Crippen MR) is 70.1 cm³/mol. The summed E-state index contributed by atoms with van der Waals surface area (Å²) in [7, 11) is 0. The zero-order chi connectivity index (χ0) is 14.9. The van der Waals surface area contributed by atoms with Crippen LogP contribution < -0.4 is 11.1 Å². The number of rotatable bonds is 2. The van der Waals surface area contributed by atoms with Gasteiger partial charge in [-0.15, -0.1) is 0 Å². The summed E-state index contributed by atoms with van der Waals surface area (Å²) >= 11 is 0. The summed E-state index contributed by atoms with van der Waals surface area (Å²) in [5.74, 6) is -0.00754. The van der Waals surface area contributed by atoms with Crippen LogP contribution in [0, 0.1) is 5.92 Å². The van der Waals surface area contributed by atoms with Gasteiger partial charge in [0.1, 0.15) is 0 Å². The highest BCUT2D eigenvalue weighted by molar-refractivity contribution is 5.99. The molecule has 1 aliphatic carbocycles. The molecule has 3 N–H and O–H groups in total. The second-order valence-electron chi connectivity index (χ2n) is 5.39. The SMILES string of the molecule is CC1CCC(NC(=O)c2cc(C(F)(F)F)ccc2N)C1. The molecule has 0 bridgehead atoms. The van der Waals surface area contributed by atoms with Crippen LogP contribution in [-0.4, -0.2) is 11.9 Å². The lowest BCUT2D eigenvalue weighted by Crippen LogP contribution is -2.33. The van der Waals surface area contributed by atoms with Crippen molar-refractivity contribution in [2.75, 3.05) is 5.73 Å². The van der Waals surface area contributed by atoms with Gasteiger partial charge in [-0.2, -0.15) is 13.2 Å². The number of amides is 1. The zero-order valence-corrected chi connectivity index (χ0v) is 11.1. The van der Waals surface area contributed by atoms with E-state index in [9.17, 15) is 18.0 Å². The number of nitrogens with two attached hydrogens (primary N) is 1. The third kappa shape index (κ3) is 3.23. The first-order valence-corrected chi connectivity index (χ1v) is 6.55. The molecule has 3 nitrogen and oxygen atoms in total. The van der Waals surface area contributed by atoms with Crippen molar-refractivity contribution in [2.45, 2.75) is 38.4 Å². The molecule has 1 amide bonds. The first-order chi connectivity index (χ1) is 9.27. The van der Waals surface area contributed by atoms with Crippen molar-refractivity contribution in [3.8, 4) is 0 Å². The number of alkyl halides is 3. The van der Waals surface area contributed by atoms with Crippen LogP contribution in [0.5, 0.6) is 0 Å².